The summed E-state index contributed by atoms with van der Waals surface area (Å²) in [7, 11) is 5.90. The molecule has 0 fully saturated rings. The molecule has 0 aromatic carbocycles. The Kier molecular flexibility index (Phi) is 5.99. The number of nitrogens with zero attached hydrogens (tertiary/aromatic N) is 6. The predicted molar refractivity (Wildman–Crippen MR) is 121 cm³/mol. The third-order valence-electron chi connectivity index (χ3n) is 4.92. The molecule has 158 valence electrons. The zero-order valence-corrected chi connectivity index (χ0v) is 17.9. The number of carbonyl (C=O) groups is 1. The monoisotopic (exact) mass is 415 g/mol. The first-order valence-electron chi connectivity index (χ1n) is 10.1. The number of rotatable bonds is 8. The molecule has 0 radical (unpaired) electrons. The van der Waals surface area contributed by atoms with Gasteiger partial charge in [0.05, 0.1) is 29.5 Å². The quantitative estimate of drug-likeness (QED) is 0.443. The minimum atomic E-state index is -0.00618. The fraction of sp³-hybridized carbons (Fsp3) is 0.261. The zero-order valence-electron chi connectivity index (χ0n) is 17.9. The van der Waals surface area contributed by atoms with Crippen LogP contribution in [0.5, 0.6) is 0 Å². The molecule has 0 aliphatic rings. The summed E-state index contributed by atoms with van der Waals surface area (Å²) < 4.78 is 1.75. The number of aromatic nitrogens is 5. The molecule has 31 heavy (non-hydrogen) atoms. The Morgan fingerprint density at radius 2 is 2.00 bits per heavy atom. The van der Waals surface area contributed by atoms with E-state index in [1.165, 1.54) is 0 Å². The summed E-state index contributed by atoms with van der Waals surface area (Å²) in [5.41, 5.74) is 3.89. The molecule has 8 nitrogen and oxygen atoms in total. The number of nitrogens with one attached hydrogen (secondary N) is 1. The molecule has 0 aliphatic carbocycles. The number of hydrogen-bond acceptors (Lipinski definition) is 7. The van der Waals surface area contributed by atoms with E-state index in [9.17, 15) is 4.79 Å². The lowest BCUT2D eigenvalue weighted by atomic mass is 10.1. The van der Waals surface area contributed by atoms with Crippen molar-refractivity contribution in [3.05, 3.63) is 66.4 Å². The van der Waals surface area contributed by atoms with Gasteiger partial charge in [0.25, 0.3) is 0 Å². The molecule has 1 N–H and O–H groups in total. The van der Waals surface area contributed by atoms with Crippen molar-refractivity contribution >= 4 is 22.5 Å². The number of anilines is 1. The Balaban J connectivity index is 1.50. The Labute approximate surface area is 181 Å². The van der Waals surface area contributed by atoms with Crippen LogP contribution in [0.25, 0.3) is 22.2 Å². The number of Topliss-reactive ketones (excluding diaryl/α,β-unsaturated/α-hetero) is 1. The van der Waals surface area contributed by atoms with Crippen molar-refractivity contribution in [2.45, 2.75) is 6.42 Å². The summed E-state index contributed by atoms with van der Waals surface area (Å²) >= 11 is 0. The molecule has 8 heteroatoms. The van der Waals surface area contributed by atoms with E-state index in [1.54, 1.807) is 35.4 Å². The van der Waals surface area contributed by atoms with E-state index in [4.69, 9.17) is 4.98 Å². The van der Waals surface area contributed by atoms with Crippen LogP contribution in [0, 0.1) is 0 Å². The summed E-state index contributed by atoms with van der Waals surface area (Å²) in [5.74, 6) is 0.690. The predicted octanol–water partition coefficient (Wildman–Crippen LogP) is 2.82. The highest BCUT2D eigenvalue weighted by Crippen LogP contribution is 2.21. The minimum absolute atomic E-state index is 0.00618. The first-order chi connectivity index (χ1) is 15.0. The van der Waals surface area contributed by atoms with Crippen molar-refractivity contribution in [3.8, 4) is 11.3 Å². The lowest BCUT2D eigenvalue weighted by Crippen LogP contribution is -2.21. The maximum Gasteiger partial charge on any atom is 0.169 e. The van der Waals surface area contributed by atoms with Gasteiger partial charge < -0.3 is 10.2 Å². The van der Waals surface area contributed by atoms with Crippen molar-refractivity contribution in [1.82, 2.24) is 29.6 Å². The van der Waals surface area contributed by atoms with Gasteiger partial charge in [-0.05, 0) is 44.4 Å². The van der Waals surface area contributed by atoms with Crippen LogP contribution in [-0.4, -0.2) is 62.6 Å². The van der Waals surface area contributed by atoms with Crippen molar-refractivity contribution in [2.24, 2.45) is 7.05 Å². The Hall–Kier alpha value is -3.65. The molecule has 0 saturated heterocycles. The summed E-state index contributed by atoms with van der Waals surface area (Å²) in [6.45, 7) is 1.64. The van der Waals surface area contributed by atoms with Gasteiger partial charge in [-0.15, -0.1) is 0 Å². The number of fused-ring (bicyclic) bond motifs is 1. The standard InChI is InChI=1S/C23H25N7O/c1-29(2)9-8-25-23-10-16(6-7-24-23)22(31)12-19-11-21-17(13-26-19)4-5-20(28-21)18-14-27-30(3)15-18/h4-7,10-11,13-15H,8-9,12H2,1-3H3,(H,24,25). The van der Waals surface area contributed by atoms with Crippen LogP contribution in [-0.2, 0) is 13.5 Å². The van der Waals surface area contributed by atoms with E-state index in [1.807, 2.05) is 45.5 Å². The number of hydrogen-bond donors (Lipinski definition) is 1. The molecule has 0 saturated carbocycles. The molecule has 4 aromatic heterocycles. The van der Waals surface area contributed by atoms with Gasteiger partial charge in [-0.25, -0.2) is 9.97 Å². The molecule has 4 aromatic rings. The number of pyridine rings is 3. The van der Waals surface area contributed by atoms with Gasteiger partial charge in [0, 0.05) is 55.2 Å². The van der Waals surface area contributed by atoms with Crippen LogP contribution in [0.1, 0.15) is 16.1 Å². The van der Waals surface area contributed by atoms with Gasteiger partial charge in [-0.1, -0.05) is 0 Å². The van der Waals surface area contributed by atoms with Gasteiger partial charge in [-0.2, -0.15) is 5.10 Å². The number of aryl methyl sites for hydroxylation is 1. The highest BCUT2D eigenvalue weighted by molar-refractivity contribution is 5.98. The number of likely N-dealkylation sites (N-methyl/N-ethyl adjacent to an activating group) is 1. The average Bonchev–Trinajstić information content (AvgIpc) is 3.19. The third kappa shape index (κ3) is 5.10. The van der Waals surface area contributed by atoms with Gasteiger partial charge in [0.2, 0.25) is 0 Å². The summed E-state index contributed by atoms with van der Waals surface area (Å²) in [6, 6.07) is 9.34. The normalized spacial score (nSPS) is 11.2. The molecule has 0 bridgehead atoms. The summed E-state index contributed by atoms with van der Waals surface area (Å²) in [6.07, 6.45) is 7.33. The molecule has 4 rings (SSSR count). The second kappa shape index (κ2) is 9.01. The first-order valence-corrected chi connectivity index (χ1v) is 10.1. The summed E-state index contributed by atoms with van der Waals surface area (Å²) in [4.78, 5) is 28.4. The number of carbonyl (C=O) groups excluding carboxylic acids is 1. The van der Waals surface area contributed by atoms with E-state index in [0.717, 1.165) is 35.2 Å². The molecule has 4 heterocycles. The molecule has 0 unspecified atom stereocenters. The Bertz CT molecular complexity index is 1220. The molecule has 0 atom stereocenters. The van der Waals surface area contributed by atoms with Crippen LogP contribution in [0.15, 0.2) is 55.1 Å². The van der Waals surface area contributed by atoms with Crippen LogP contribution in [0.4, 0.5) is 5.82 Å². The molecule has 0 spiro atoms. The van der Waals surface area contributed by atoms with E-state index in [2.05, 4.69) is 25.3 Å². The van der Waals surface area contributed by atoms with Gasteiger partial charge >= 0.3 is 0 Å². The molecular weight excluding hydrogens is 390 g/mol. The minimum Gasteiger partial charge on any atom is -0.369 e. The number of ketones is 1. The highest BCUT2D eigenvalue weighted by Gasteiger charge is 2.11. The maximum atomic E-state index is 12.8. The topological polar surface area (TPSA) is 88.8 Å². The fourth-order valence-electron chi connectivity index (χ4n) is 3.24. The van der Waals surface area contributed by atoms with E-state index < -0.39 is 0 Å². The van der Waals surface area contributed by atoms with E-state index in [0.29, 0.717) is 17.1 Å². The molecule has 0 amide bonds. The average molecular weight is 416 g/mol. The van der Waals surface area contributed by atoms with Gasteiger partial charge in [0.15, 0.2) is 5.78 Å². The lowest BCUT2D eigenvalue weighted by Gasteiger charge is -2.11. The second-order valence-electron chi connectivity index (χ2n) is 7.73. The molecule has 0 aliphatic heterocycles. The van der Waals surface area contributed by atoms with Crippen LogP contribution >= 0.6 is 0 Å². The smallest absolute Gasteiger partial charge is 0.169 e. The molecular formula is C23H25N7O. The largest absolute Gasteiger partial charge is 0.369 e. The Morgan fingerprint density at radius 1 is 1.13 bits per heavy atom. The SMILES string of the molecule is CN(C)CCNc1cc(C(=O)Cc2cc3nc(-c4cnn(C)c4)ccc3cn2)ccn1. The third-order valence-corrected chi connectivity index (χ3v) is 4.92. The van der Waals surface area contributed by atoms with Crippen LogP contribution in [0.2, 0.25) is 0 Å². The second-order valence-corrected chi connectivity index (χ2v) is 7.73. The van der Waals surface area contributed by atoms with Crippen LogP contribution < -0.4 is 5.32 Å². The van der Waals surface area contributed by atoms with Gasteiger partial charge in [-0.3, -0.25) is 14.5 Å². The lowest BCUT2D eigenvalue weighted by molar-refractivity contribution is 0.0992. The maximum absolute atomic E-state index is 12.8. The first kappa shape index (κ1) is 20.6. The van der Waals surface area contributed by atoms with Crippen molar-refractivity contribution in [2.75, 3.05) is 32.5 Å². The van der Waals surface area contributed by atoms with Crippen molar-refractivity contribution < 1.29 is 4.79 Å². The van der Waals surface area contributed by atoms with E-state index in [-0.39, 0.29) is 12.2 Å². The highest BCUT2D eigenvalue weighted by atomic mass is 16.1. The van der Waals surface area contributed by atoms with E-state index >= 15 is 0 Å². The van der Waals surface area contributed by atoms with Crippen molar-refractivity contribution in [3.63, 3.8) is 0 Å². The Morgan fingerprint density at radius 3 is 2.77 bits per heavy atom. The summed E-state index contributed by atoms with van der Waals surface area (Å²) in [5, 5.41) is 8.38. The zero-order chi connectivity index (χ0) is 21.8. The van der Waals surface area contributed by atoms with Crippen molar-refractivity contribution in [1.29, 1.82) is 0 Å². The fourth-order valence-corrected chi connectivity index (χ4v) is 3.24. The van der Waals surface area contributed by atoms with Crippen LogP contribution in [0.3, 0.4) is 0 Å². The van der Waals surface area contributed by atoms with Gasteiger partial charge in [0.1, 0.15) is 5.82 Å².